The maximum Gasteiger partial charge on any atom is 0.111 e. The number of hydrogen-bond donors (Lipinski definition) is 0. The van der Waals surface area contributed by atoms with Gasteiger partial charge in [-0.1, -0.05) is 24.1 Å². The molecule has 0 aliphatic heterocycles. The molecule has 0 aliphatic carbocycles. The second-order valence-corrected chi connectivity index (χ2v) is 2.86. The van der Waals surface area contributed by atoms with Gasteiger partial charge in [-0.3, -0.25) is 0 Å². The predicted octanol–water partition coefficient (Wildman–Crippen LogP) is 3.46. The molecule has 0 radical (unpaired) electrons. The first-order valence-corrected chi connectivity index (χ1v) is 4.07. The summed E-state index contributed by atoms with van der Waals surface area (Å²) < 4.78 is 4.96. The fourth-order valence-electron chi connectivity index (χ4n) is 0.518. The van der Waals surface area contributed by atoms with Gasteiger partial charge in [0.25, 0.3) is 0 Å². The molecule has 11 heavy (non-hydrogen) atoms. The van der Waals surface area contributed by atoms with Crippen molar-refractivity contribution >= 4 is 11.6 Å². The van der Waals surface area contributed by atoms with E-state index in [0.29, 0.717) is 5.03 Å². The third-order valence-corrected chi connectivity index (χ3v) is 1.95. The van der Waals surface area contributed by atoms with Gasteiger partial charge in [-0.05, 0) is 26.3 Å². The van der Waals surface area contributed by atoms with Gasteiger partial charge in [0.2, 0.25) is 0 Å². The van der Waals surface area contributed by atoms with Gasteiger partial charge in [0.05, 0.1) is 12.1 Å². The van der Waals surface area contributed by atoms with Gasteiger partial charge in [0, 0.05) is 0 Å². The molecule has 1 nitrogen and oxygen atoms in total. The first kappa shape index (κ1) is 10.6. The van der Waals surface area contributed by atoms with E-state index in [-0.39, 0.29) is 0 Å². The highest BCUT2D eigenvalue weighted by molar-refractivity contribution is 6.31. The van der Waals surface area contributed by atoms with Crippen LogP contribution in [-0.2, 0) is 4.74 Å². The molecule has 0 amide bonds. The van der Waals surface area contributed by atoms with Crippen LogP contribution in [0.5, 0.6) is 0 Å². The van der Waals surface area contributed by atoms with Crippen LogP contribution in [0.2, 0.25) is 0 Å². The Morgan fingerprint density at radius 3 is 2.36 bits per heavy atom. The van der Waals surface area contributed by atoms with Crippen molar-refractivity contribution in [3.8, 4) is 0 Å². The lowest BCUT2D eigenvalue weighted by molar-refractivity contribution is 0.292. The number of rotatable bonds is 3. The summed E-state index contributed by atoms with van der Waals surface area (Å²) in [6.07, 6.45) is 2.95. The quantitative estimate of drug-likeness (QED) is 0.471. The minimum absolute atomic E-state index is 0.687. The average Bonchev–Trinajstić information content (AvgIpc) is 2.02. The van der Waals surface area contributed by atoms with Crippen molar-refractivity contribution in [3.05, 3.63) is 22.4 Å². The van der Waals surface area contributed by atoms with Gasteiger partial charge in [-0.15, -0.1) is 0 Å². The normalized spacial score (nSPS) is 14.5. The molecule has 0 aliphatic rings. The maximum absolute atomic E-state index is 5.88. The van der Waals surface area contributed by atoms with Crippen molar-refractivity contribution in [1.82, 2.24) is 0 Å². The van der Waals surface area contributed by atoms with Crippen molar-refractivity contribution in [2.75, 3.05) is 7.11 Å². The predicted molar refractivity (Wildman–Crippen MR) is 49.6 cm³/mol. The van der Waals surface area contributed by atoms with Crippen molar-refractivity contribution in [1.29, 1.82) is 0 Å². The fraction of sp³-hybridized carbons (Fsp3) is 0.556. The second-order valence-electron chi connectivity index (χ2n) is 2.45. The van der Waals surface area contributed by atoms with E-state index in [1.165, 1.54) is 5.57 Å². The van der Waals surface area contributed by atoms with Crippen molar-refractivity contribution in [2.24, 2.45) is 0 Å². The monoisotopic (exact) mass is 174 g/mol. The third kappa shape index (κ3) is 4.10. The molecule has 2 heteroatoms. The lowest BCUT2D eigenvalue weighted by Gasteiger charge is -2.00. The van der Waals surface area contributed by atoms with E-state index < -0.39 is 0 Å². The Hall–Kier alpha value is -0.430. The molecule has 0 N–H and O–H groups in total. The highest BCUT2D eigenvalue weighted by Gasteiger charge is 1.94. The number of halogens is 1. The van der Waals surface area contributed by atoms with E-state index in [9.17, 15) is 0 Å². The Bertz CT molecular complexity index is 180. The first-order valence-electron chi connectivity index (χ1n) is 3.69. The zero-order valence-electron chi connectivity index (χ0n) is 7.57. The molecule has 0 atom stereocenters. The van der Waals surface area contributed by atoms with E-state index in [2.05, 4.69) is 6.92 Å². The van der Waals surface area contributed by atoms with Gasteiger partial charge in [0.15, 0.2) is 0 Å². The maximum atomic E-state index is 5.88. The highest BCUT2D eigenvalue weighted by Crippen LogP contribution is 2.14. The Balaban J connectivity index is 4.37. The lowest BCUT2D eigenvalue weighted by Crippen LogP contribution is -1.82. The van der Waals surface area contributed by atoms with Crippen LogP contribution in [0.15, 0.2) is 22.4 Å². The van der Waals surface area contributed by atoms with Gasteiger partial charge in [-0.25, -0.2) is 0 Å². The van der Waals surface area contributed by atoms with Gasteiger partial charge >= 0.3 is 0 Å². The molecular weight excluding hydrogens is 160 g/mol. The standard InChI is InChI=1S/C9H15ClO/c1-5-7(2)6-9(10)8(3)11-4/h6H,5H2,1-4H3. The van der Waals surface area contributed by atoms with E-state index in [4.69, 9.17) is 16.3 Å². The lowest BCUT2D eigenvalue weighted by atomic mass is 10.2. The third-order valence-electron chi connectivity index (χ3n) is 1.57. The molecule has 0 bridgehead atoms. The molecule has 64 valence electrons. The van der Waals surface area contributed by atoms with Crippen LogP contribution in [-0.4, -0.2) is 7.11 Å². The number of ether oxygens (including phenoxy) is 1. The molecule has 0 aromatic carbocycles. The number of methoxy groups -OCH3 is 1. The summed E-state index contributed by atoms with van der Waals surface area (Å²) in [7, 11) is 1.62. The minimum Gasteiger partial charge on any atom is -0.500 e. The first-order chi connectivity index (χ1) is 5.11. The van der Waals surface area contributed by atoms with E-state index in [1.807, 2.05) is 19.9 Å². The Morgan fingerprint density at radius 1 is 1.45 bits per heavy atom. The molecule has 0 rings (SSSR count). The van der Waals surface area contributed by atoms with Gasteiger partial charge in [0.1, 0.15) is 5.76 Å². The largest absolute Gasteiger partial charge is 0.500 e. The van der Waals surface area contributed by atoms with Crippen molar-refractivity contribution in [3.63, 3.8) is 0 Å². The number of allylic oxidation sites excluding steroid dienone is 4. The van der Waals surface area contributed by atoms with Crippen LogP contribution in [0.1, 0.15) is 27.2 Å². The summed E-state index contributed by atoms with van der Waals surface area (Å²) in [5.74, 6) is 0.763. The van der Waals surface area contributed by atoms with Crippen molar-refractivity contribution < 1.29 is 4.74 Å². The molecule has 0 unspecified atom stereocenters. The zero-order valence-corrected chi connectivity index (χ0v) is 8.33. The van der Waals surface area contributed by atoms with Crippen LogP contribution >= 0.6 is 11.6 Å². The summed E-state index contributed by atoms with van der Waals surface area (Å²) in [6.45, 7) is 5.99. The second kappa shape index (κ2) is 5.25. The topological polar surface area (TPSA) is 9.23 Å². The fourth-order valence-corrected chi connectivity index (χ4v) is 0.781. The minimum atomic E-state index is 0.687. The molecular formula is C9H15ClO. The average molecular weight is 175 g/mol. The van der Waals surface area contributed by atoms with Crippen LogP contribution in [0, 0.1) is 0 Å². The van der Waals surface area contributed by atoms with Crippen LogP contribution in [0.4, 0.5) is 0 Å². The van der Waals surface area contributed by atoms with Crippen LogP contribution < -0.4 is 0 Å². The molecule has 0 aromatic heterocycles. The van der Waals surface area contributed by atoms with Crippen LogP contribution in [0.3, 0.4) is 0 Å². The van der Waals surface area contributed by atoms with Gasteiger partial charge in [-0.2, -0.15) is 0 Å². The van der Waals surface area contributed by atoms with Crippen molar-refractivity contribution in [2.45, 2.75) is 27.2 Å². The Labute approximate surface area is 73.7 Å². The molecule has 0 spiro atoms. The van der Waals surface area contributed by atoms with Gasteiger partial charge < -0.3 is 4.74 Å². The van der Waals surface area contributed by atoms with E-state index in [1.54, 1.807) is 7.11 Å². The summed E-state index contributed by atoms with van der Waals surface area (Å²) in [4.78, 5) is 0. The zero-order chi connectivity index (χ0) is 8.85. The smallest absolute Gasteiger partial charge is 0.111 e. The summed E-state index contributed by atoms with van der Waals surface area (Å²) in [6, 6.07) is 0. The summed E-state index contributed by atoms with van der Waals surface area (Å²) in [5.41, 5.74) is 1.26. The SMILES string of the molecule is CCC(C)=CC(Cl)=C(C)OC. The van der Waals surface area contributed by atoms with E-state index >= 15 is 0 Å². The molecule has 0 saturated heterocycles. The Morgan fingerprint density at radius 2 is 2.00 bits per heavy atom. The van der Waals surface area contributed by atoms with E-state index in [0.717, 1.165) is 12.2 Å². The number of hydrogen-bond acceptors (Lipinski definition) is 1. The summed E-state index contributed by atoms with van der Waals surface area (Å²) >= 11 is 5.88. The molecule has 0 aromatic rings. The Kier molecular flexibility index (Phi) is 5.05. The molecule has 0 fully saturated rings. The molecule has 0 saturated carbocycles. The molecule has 0 heterocycles. The highest BCUT2D eigenvalue weighted by atomic mass is 35.5. The summed E-state index contributed by atoms with van der Waals surface area (Å²) in [5, 5.41) is 0.687. The van der Waals surface area contributed by atoms with Crippen LogP contribution in [0.25, 0.3) is 0 Å².